The molecule has 0 radical (unpaired) electrons. The maximum Gasteiger partial charge on any atom is 0.0406 e. The number of hydrogen-bond donors (Lipinski definition) is 1. The molecular formula is C16H25ClN2. The summed E-state index contributed by atoms with van der Waals surface area (Å²) in [6.07, 6.45) is 2.48. The number of hydrogen-bond acceptors (Lipinski definition) is 2. The number of likely N-dealkylation sites (N-methyl/N-ethyl adjacent to an activating group) is 1. The van der Waals surface area contributed by atoms with E-state index in [0.29, 0.717) is 12.0 Å². The molecular weight excluding hydrogens is 256 g/mol. The number of benzene rings is 1. The number of rotatable bonds is 5. The van der Waals surface area contributed by atoms with Gasteiger partial charge in [-0.25, -0.2) is 0 Å². The fourth-order valence-corrected chi connectivity index (χ4v) is 2.47. The van der Waals surface area contributed by atoms with E-state index in [1.54, 1.807) is 0 Å². The fourth-order valence-electron chi connectivity index (χ4n) is 2.34. The molecule has 3 heteroatoms. The summed E-state index contributed by atoms with van der Waals surface area (Å²) in [5.74, 6) is 0.706. The van der Waals surface area contributed by atoms with Crippen molar-refractivity contribution in [2.24, 2.45) is 0 Å². The molecule has 106 valence electrons. The summed E-state index contributed by atoms with van der Waals surface area (Å²) < 4.78 is 0. The van der Waals surface area contributed by atoms with Crippen LogP contribution in [-0.4, -0.2) is 37.1 Å². The van der Waals surface area contributed by atoms with Crippen LogP contribution in [0.1, 0.15) is 38.2 Å². The SMILES string of the molecule is CN(C)C(C)(C)CNC1CC(c2ccc(Cl)cc2)C1. The maximum absolute atomic E-state index is 5.92. The van der Waals surface area contributed by atoms with Crippen molar-refractivity contribution in [2.45, 2.75) is 44.2 Å². The second-order valence-corrected chi connectivity index (χ2v) is 6.94. The second kappa shape index (κ2) is 5.82. The first-order valence-electron chi connectivity index (χ1n) is 7.05. The average molecular weight is 281 g/mol. The predicted octanol–water partition coefficient (Wildman–Crippen LogP) is 3.52. The Morgan fingerprint density at radius 1 is 1.21 bits per heavy atom. The van der Waals surface area contributed by atoms with Gasteiger partial charge in [-0.3, -0.25) is 0 Å². The zero-order chi connectivity index (χ0) is 14.0. The summed E-state index contributed by atoms with van der Waals surface area (Å²) in [6, 6.07) is 8.97. The van der Waals surface area contributed by atoms with E-state index in [9.17, 15) is 0 Å². The number of nitrogens with zero attached hydrogens (tertiary/aromatic N) is 1. The van der Waals surface area contributed by atoms with Gasteiger partial charge in [-0.1, -0.05) is 23.7 Å². The van der Waals surface area contributed by atoms with Gasteiger partial charge in [-0.2, -0.15) is 0 Å². The molecule has 0 amide bonds. The Balaban J connectivity index is 1.76. The van der Waals surface area contributed by atoms with Crippen molar-refractivity contribution < 1.29 is 0 Å². The molecule has 19 heavy (non-hydrogen) atoms. The third-order valence-electron chi connectivity index (χ3n) is 4.51. The third-order valence-corrected chi connectivity index (χ3v) is 4.77. The van der Waals surface area contributed by atoms with E-state index < -0.39 is 0 Å². The van der Waals surface area contributed by atoms with Crippen molar-refractivity contribution in [1.82, 2.24) is 10.2 Å². The molecule has 2 rings (SSSR count). The number of nitrogens with one attached hydrogen (secondary N) is 1. The maximum atomic E-state index is 5.92. The quantitative estimate of drug-likeness (QED) is 0.888. The van der Waals surface area contributed by atoms with Crippen molar-refractivity contribution in [3.05, 3.63) is 34.9 Å². The van der Waals surface area contributed by atoms with Gasteiger partial charge in [-0.15, -0.1) is 0 Å². The lowest BCUT2D eigenvalue weighted by molar-refractivity contribution is 0.168. The van der Waals surface area contributed by atoms with Crippen molar-refractivity contribution >= 4 is 11.6 Å². The van der Waals surface area contributed by atoms with Gasteiger partial charge in [0.05, 0.1) is 0 Å². The lowest BCUT2D eigenvalue weighted by Gasteiger charge is -2.40. The van der Waals surface area contributed by atoms with Crippen molar-refractivity contribution in [3.8, 4) is 0 Å². The Labute approximate surface area is 122 Å². The first-order chi connectivity index (χ1) is 8.88. The zero-order valence-electron chi connectivity index (χ0n) is 12.4. The van der Waals surface area contributed by atoms with Gasteiger partial charge < -0.3 is 10.2 Å². The highest BCUT2D eigenvalue weighted by Gasteiger charge is 2.31. The lowest BCUT2D eigenvalue weighted by Crippen LogP contribution is -2.51. The standard InChI is InChI=1S/C16H25ClN2/c1-16(2,19(3)4)11-18-15-9-13(10-15)12-5-7-14(17)8-6-12/h5-8,13,15,18H,9-11H2,1-4H3. The van der Waals surface area contributed by atoms with Crippen LogP contribution < -0.4 is 5.32 Å². The van der Waals surface area contributed by atoms with Crippen LogP contribution in [0.3, 0.4) is 0 Å². The summed E-state index contributed by atoms with van der Waals surface area (Å²) >= 11 is 5.92. The normalized spacial score (nSPS) is 23.5. The van der Waals surface area contributed by atoms with Crippen LogP contribution in [0.15, 0.2) is 24.3 Å². The predicted molar refractivity (Wildman–Crippen MR) is 83.0 cm³/mol. The first-order valence-corrected chi connectivity index (χ1v) is 7.42. The molecule has 1 aromatic carbocycles. The van der Waals surface area contributed by atoms with Gasteiger partial charge in [0.15, 0.2) is 0 Å². The van der Waals surface area contributed by atoms with Gasteiger partial charge in [0.2, 0.25) is 0 Å². The van der Waals surface area contributed by atoms with E-state index in [2.05, 4.69) is 50.3 Å². The Morgan fingerprint density at radius 2 is 1.79 bits per heavy atom. The molecule has 1 fully saturated rings. The van der Waals surface area contributed by atoms with Crippen molar-refractivity contribution in [2.75, 3.05) is 20.6 Å². The molecule has 0 aromatic heterocycles. The van der Waals surface area contributed by atoms with E-state index in [-0.39, 0.29) is 5.54 Å². The summed E-state index contributed by atoms with van der Waals surface area (Å²) in [5.41, 5.74) is 1.64. The highest BCUT2D eigenvalue weighted by atomic mass is 35.5. The minimum atomic E-state index is 0.214. The van der Waals surface area contributed by atoms with Crippen LogP contribution in [-0.2, 0) is 0 Å². The van der Waals surface area contributed by atoms with Crippen molar-refractivity contribution in [1.29, 1.82) is 0 Å². The molecule has 0 unspecified atom stereocenters. The Hall–Kier alpha value is -0.570. The van der Waals surface area contributed by atoms with E-state index >= 15 is 0 Å². The van der Waals surface area contributed by atoms with Crippen LogP contribution in [0.2, 0.25) is 5.02 Å². The highest BCUT2D eigenvalue weighted by Crippen LogP contribution is 2.37. The molecule has 1 aromatic rings. The monoisotopic (exact) mass is 280 g/mol. The van der Waals surface area contributed by atoms with Gasteiger partial charge in [0.1, 0.15) is 0 Å². The Kier molecular flexibility index (Phi) is 4.54. The number of halogens is 1. The minimum absolute atomic E-state index is 0.214. The fraction of sp³-hybridized carbons (Fsp3) is 0.625. The van der Waals surface area contributed by atoms with E-state index in [0.717, 1.165) is 11.6 Å². The molecule has 2 nitrogen and oxygen atoms in total. The van der Waals surface area contributed by atoms with Gasteiger partial charge in [0, 0.05) is 23.1 Å². The largest absolute Gasteiger partial charge is 0.312 e. The molecule has 0 spiro atoms. The van der Waals surface area contributed by atoms with E-state index in [1.165, 1.54) is 18.4 Å². The third kappa shape index (κ3) is 3.71. The molecule has 0 atom stereocenters. The van der Waals surface area contributed by atoms with Gasteiger partial charge in [0.25, 0.3) is 0 Å². The van der Waals surface area contributed by atoms with Crippen molar-refractivity contribution in [3.63, 3.8) is 0 Å². The van der Waals surface area contributed by atoms with Gasteiger partial charge >= 0.3 is 0 Å². The van der Waals surface area contributed by atoms with Gasteiger partial charge in [-0.05, 0) is 64.4 Å². The molecule has 1 aliphatic rings. The first kappa shape index (κ1) is 14.8. The summed E-state index contributed by atoms with van der Waals surface area (Å²) in [4.78, 5) is 2.27. The highest BCUT2D eigenvalue weighted by molar-refractivity contribution is 6.30. The summed E-state index contributed by atoms with van der Waals surface area (Å²) in [6.45, 7) is 5.59. The van der Waals surface area contributed by atoms with E-state index in [1.807, 2.05) is 12.1 Å². The summed E-state index contributed by atoms with van der Waals surface area (Å²) in [7, 11) is 4.28. The van der Waals surface area contributed by atoms with E-state index in [4.69, 9.17) is 11.6 Å². The molecule has 0 bridgehead atoms. The smallest absolute Gasteiger partial charge is 0.0406 e. The Bertz CT molecular complexity index is 405. The molecule has 1 N–H and O–H groups in total. The Morgan fingerprint density at radius 3 is 2.32 bits per heavy atom. The lowest BCUT2D eigenvalue weighted by atomic mass is 9.75. The van der Waals surface area contributed by atoms with Crippen LogP contribution in [0, 0.1) is 0 Å². The topological polar surface area (TPSA) is 15.3 Å². The minimum Gasteiger partial charge on any atom is -0.312 e. The van der Waals surface area contributed by atoms with Crippen LogP contribution in [0.4, 0.5) is 0 Å². The van der Waals surface area contributed by atoms with Crippen LogP contribution in [0.25, 0.3) is 0 Å². The molecule has 0 saturated heterocycles. The summed E-state index contributed by atoms with van der Waals surface area (Å²) in [5, 5.41) is 4.51. The molecule has 0 aliphatic heterocycles. The van der Waals surface area contributed by atoms with Crippen LogP contribution >= 0.6 is 11.6 Å². The zero-order valence-corrected chi connectivity index (χ0v) is 13.2. The molecule has 1 saturated carbocycles. The molecule has 1 aliphatic carbocycles. The second-order valence-electron chi connectivity index (χ2n) is 6.50. The molecule has 0 heterocycles. The average Bonchev–Trinajstić information content (AvgIpc) is 2.29. The van der Waals surface area contributed by atoms with Crippen LogP contribution in [0.5, 0.6) is 0 Å².